The van der Waals surface area contributed by atoms with Crippen molar-refractivity contribution < 1.29 is 14.3 Å². The summed E-state index contributed by atoms with van der Waals surface area (Å²) in [6.45, 7) is 0.556. The van der Waals surface area contributed by atoms with Gasteiger partial charge in [-0.1, -0.05) is 72.8 Å². The van der Waals surface area contributed by atoms with Gasteiger partial charge in [-0.15, -0.1) is 0 Å². The largest absolute Gasteiger partial charge is 0.492 e. The second kappa shape index (κ2) is 10.1. The van der Waals surface area contributed by atoms with Crippen LogP contribution in [0.1, 0.15) is 15.9 Å². The van der Waals surface area contributed by atoms with Crippen molar-refractivity contribution >= 4 is 21.9 Å². The van der Waals surface area contributed by atoms with Gasteiger partial charge >= 0.3 is 5.97 Å². The van der Waals surface area contributed by atoms with Gasteiger partial charge in [0.05, 0.1) is 16.6 Å². The molecular formula is C27H21BrO3. The lowest BCUT2D eigenvalue weighted by molar-refractivity contribution is 0.0734. The summed E-state index contributed by atoms with van der Waals surface area (Å²) >= 11 is 3.49. The van der Waals surface area contributed by atoms with Crippen molar-refractivity contribution in [3.63, 3.8) is 0 Å². The normalized spacial score (nSPS) is 10.5. The fourth-order valence-corrected chi connectivity index (χ4v) is 3.67. The fourth-order valence-electron chi connectivity index (χ4n) is 3.18. The molecule has 4 aromatic rings. The summed E-state index contributed by atoms with van der Waals surface area (Å²) in [6.07, 6.45) is 0.816. The summed E-state index contributed by atoms with van der Waals surface area (Å²) in [5.41, 5.74) is 3.86. The lowest BCUT2D eigenvalue weighted by Crippen LogP contribution is -2.09. The van der Waals surface area contributed by atoms with Crippen LogP contribution in [0.2, 0.25) is 0 Å². The molecule has 4 heteroatoms. The monoisotopic (exact) mass is 472 g/mol. The van der Waals surface area contributed by atoms with Crippen molar-refractivity contribution in [2.24, 2.45) is 0 Å². The zero-order valence-corrected chi connectivity index (χ0v) is 18.4. The molecule has 0 spiro atoms. The van der Waals surface area contributed by atoms with Crippen LogP contribution >= 0.6 is 15.9 Å². The van der Waals surface area contributed by atoms with Crippen molar-refractivity contribution in [2.75, 3.05) is 6.61 Å². The third-order valence-electron chi connectivity index (χ3n) is 4.83. The van der Waals surface area contributed by atoms with Crippen LogP contribution in [0.25, 0.3) is 11.1 Å². The van der Waals surface area contributed by atoms with Crippen LogP contribution < -0.4 is 9.47 Å². The highest BCUT2D eigenvalue weighted by molar-refractivity contribution is 9.10. The Hall–Kier alpha value is -3.37. The number of benzene rings is 4. The number of hydrogen-bond acceptors (Lipinski definition) is 3. The van der Waals surface area contributed by atoms with Gasteiger partial charge in [-0.2, -0.15) is 0 Å². The van der Waals surface area contributed by atoms with Crippen LogP contribution in [-0.4, -0.2) is 12.6 Å². The number of ether oxygens (including phenoxy) is 2. The molecule has 0 saturated heterocycles. The first-order valence-corrected chi connectivity index (χ1v) is 10.8. The Morgan fingerprint density at radius 3 is 2.06 bits per heavy atom. The van der Waals surface area contributed by atoms with Crippen LogP contribution in [0.5, 0.6) is 11.5 Å². The smallest absolute Gasteiger partial charge is 0.343 e. The fraction of sp³-hybridized carbons (Fsp3) is 0.0741. The summed E-state index contributed by atoms with van der Waals surface area (Å²) in [6, 6.07) is 32.9. The van der Waals surface area contributed by atoms with E-state index in [1.165, 1.54) is 5.56 Å². The maximum absolute atomic E-state index is 12.5. The van der Waals surface area contributed by atoms with E-state index in [0.29, 0.717) is 23.7 Å². The van der Waals surface area contributed by atoms with E-state index in [9.17, 15) is 4.79 Å². The van der Waals surface area contributed by atoms with Crippen molar-refractivity contribution in [3.05, 3.63) is 119 Å². The van der Waals surface area contributed by atoms with Crippen LogP contribution in [0.3, 0.4) is 0 Å². The molecule has 0 aliphatic heterocycles. The molecule has 4 rings (SSSR count). The predicted octanol–water partition coefficient (Wildman–Crippen LogP) is 6.96. The third-order valence-corrected chi connectivity index (χ3v) is 5.45. The highest BCUT2D eigenvalue weighted by Crippen LogP contribution is 2.27. The van der Waals surface area contributed by atoms with Gasteiger partial charge < -0.3 is 9.47 Å². The highest BCUT2D eigenvalue weighted by atomic mass is 79.9. The molecule has 0 radical (unpaired) electrons. The number of carbonyl (C=O) groups is 1. The molecule has 0 aliphatic rings. The number of carbonyl (C=O) groups excluding carboxylic acids is 1. The van der Waals surface area contributed by atoms with E-state index in [0.717, 1.165) is 22.0 Å². The summed E-state index contributed by atoms with van der Waals surface area (Å²) < 4.78 is 12.1. The van der Waals surface area contributed by atoms with Gasteiger partial charge in [-0.25, -0.2) is 4.79 Å². The van der Waals surface area contributed by atoms with Gasteiger partial charge in [0.2, 0.25) is 0 Å². The molecule has 0 saturated carbocycles. The molecule has 0 amide bonds. The van der Waals surface area contributed by atoms with Gasteiger partial charge in [-0.3, -0.25) is 0 Å². The minimum atomic E-state index is -0.413. The number of hydrogen-bond donors (Lipinski definition) is 0. The molecule has 154 valence electrons. The van der Waals surface area contributed by atoms with Gasteiger partial charge in [0, 0.05) is 6.42 Å². The number of halogens is 1. The van der Waals surface area contributed by atoms with Crippen LogP contribution in [0, 0.1) is 0 Å². The van der Waals surface area contributed by atoms with Crippen molar-refractivity contribution in [1.82, 2.24) is 0 Å². The van der Waals surface area contributed by atoms with E-state index in [1.807, 2.05) is 60.7 Å². The number of esters is 1. The lowest BCUT2D eigenvalue weighted by atomic mass is 10.1. The molecule has 31 heavy (non-hydrogen) atoms. The van der Waals surface area contributed by atoms with Crippen LogP contribution in [0.4, 0.5) is 0 Å². The molecule has 3 nitrogen and oxygen atoms in total. The van der Waals surface area contributed by atoms with Crippen molar-refractivity contribution in [3.8, 4) is 22.6 Å². The quantitative estimate of drug-likeness (QED) is 0.215. The molecule has 0 aromatic heterocycles. The number of rotatable bonds is 7. The Bertz CT molecular complexity index is 1140. The molecule has 0 heterocycles. The molecule has 0 atom stereocenters. The van der Waals surface area contributed by atoms with Crippen LogP contribution in [-0.2, 0) is 6.42 Å². The Labute approximate surface area is 190 Å². The van der Waals surface area contributed by atoms with E-state index in [4.69, 9.17) is 9.47 Å². The minimum Gasteiger partial charge on any atom is -0.492 e. The zero-order valence-electron chi connectivity index (χ0n) is 16.8. The van der Waals surface area contributed by atoms with E-state index in [2.05, 4.69) is 28.1 Å². The molecule has 0 N–H and O–H groups in total. The summed E-state index contributed by atoms with van der Waals surface area (Å²) in [4.78, 5) is 12.5. The van der Waals surface area contributed by atoms with E-state index in [1.54, 1.807) is 30.3 Å². The standard InChI is InChI=1S/C27H21BrO3/c28-25-19-23(13-16-26(25)30-18-17-20-7-3-1-4-8-20)27(29)31-24-14-11-22(12-15-24)21-9-5-2-6-10-21/h1-16,19H,17-18H2. The van der Waals surface area contributed by atoms with E-state index in [-0.39, 0.29) is 0 Å². The van der Waals surface area contributed by atoms with Crippen molar-refractivity contribution in [2.45, 2.75) is 6.42 Å². The van der Waals surface area contributed by atoms with Crippen molar-refractivity contribution in [1.29, 1.82) is 0 Å². The second-order valence-electron chi connectivity index (χ2n) is 7.01. The molecule has 0 unspecified atom stereocenters. The van der Waals surface area contributed by atoms with E-state index >= 15 is 0 Å². The zero-order chi connectivity index (χ0) is 21.5. The Morgan fingerprint density at radius 1 is 0.742 bits per heavy atom. The summed E-state index contributed by atoms with van der Waals surface area (Å²) in [5, 5.41) is 0. The summed E-state index contributed by atoms with van der Waals surface area (Å²) in [7, 11) is 0. The Kier molecular flexibility index (Phi) is 6.80. The second-order valence-corrected chi connectivity index (χ2v) is 7.86. The average molecular weight is 473 g/mol. The minimum absolute atomic E-state index is 0.413. The first-order valence-electron chi connectivity index (χ1n) is 10.0. The Balaban J connectivity index is 1.36. The first kappa shape index (κ1) is 20.9. The molecule has 0 aliphatic carbocycles. The Morgan fingerprint density at radius 2 is 1.39 bits per heavy atom. The van der Waals surface area contributed by atoms with Crippen LogP contribution in [0.15, 0.2) is 108 Å². The molecule has 0 bridgehead atoms. The first-order chi connectivity index (χ1) is 15.2. The maximum atomic E-state index is 12.5. The van der Waals surface area contributed by atoms with Gasteiger partial charge in [-0.05, 0) is 63.0 Å². The average Bonchev–Trinajstić information content (AvgIpc) is 2.82. The third kappa shape index (κ3) is 5.62. The maximum Gasteiger partial charge on any atom is 0.343 e. The molecule has 4 aromatic carbocycles. The molecule has 0 fully saturated rings. The van der Waals surface area contributed by atoms with E-state index < -0.39 is 5.97 Å². The highest BCUT2D eigenvalue weighted by Gasteiger charge is 2.12. The summed E-state index contributed by atoms with van der Waals surface area (Å²) in [5.74, 6) is 0.785. The molecular weight excluding hydrogens is 452 g/mol. The van der Waals surface area contributed by atoms with Gasteiger partial charge in [0.25, 0.3) is 0 Å². The predicted molar refractivity (Wildman–Crippen MR) is 127 cm³/mol. The SMILES string of the molecule is O=C(Oc1ccc(-c2ccccc2)cc1)c1ccc(OCCc2ccccc2)c(Br)c1. The van der Waals surface area contributed by atoms with Gasteiger partial charge in [0.15, 0.2) is 0 Å². The lowest BCUT2D eigenvalue weighted by Gasteiger charge is -2.10. The topological polar surface area (TPSA) is 35.5 Å². The van der Waals surface area contributed by atoms with Gasteiger partial charge in [0.1, 0.15) is 11.5 Å².